The van der Waals surface area contributed by atoms with Crippen LogP contribution in [0.4, 0.5) is 8.78 Å². The van der Waals surface area contributed by atoms with E-state index in [1.807, 2.05) is 0 Å². The van der Waals surface area contributed by atoms with Gasteiger partial charge in [-0.3, -0.25) is 0 Å². The van der Waals surface area contributed by atoms with E-state index >= 15 is 0 Å². The third kappa shape index (κ3) is 2.77. The molecule has 2 nitrogen and oxygen atoms in total. The van der Waals surface area contributed by atoms with E-state index in [1.54, 1.807) is 13.0 Å². The number of aryl methyl sites for hydroxylation is 1. The SMILES string of the molecule is Cc1cc(Br)oc1CC(F)(F)CN. The van der Waals surface area contributed by atoms with E-state index in [2.05, 4.69) is 15.9 Å². The number of alkyl halides is 2. The Bertz CT molecular complexity index is 298. The van der Waals surface area contributed by atoms with Gasteiger partial charge < -0.3 is 10.2 Å². The van der Waals surface area contributed by atoms with Gasteiger partial charge in [0, 0.05) is 0 Å². The molecular weight excluding hydrogens is 244 g/mol. The Balaban J connectivity index is 2.79. The van der Waals surface area contributed by atoms with Crippen molar-refractivity contribution in [2.45, 2.75) is 19.3 Å². The molecule has 0 spiro atoms. The molecule has 0 aromatic carbocycles. The summed E-state index contributed by atoms with van der Waals surface area (Å²) in [5.41, 5.74) is 5.62. The van der Waals surface area contributed by atoms with Crippen LogP contribution >= 0.6 is 15.9 Å². The number of hydrogen-bond acceptors (Lipinski definition) is 2. The van der Waals surface area contributed by atoms with Gasteiger partial charge in [0.05, 0.1) is 13.0 Å². The zero-order chi connectivity index (χ0) is 10.1. The molecule has 74 valence electrons. The zero-order valence-corrected chi connectivity index (χ0v) is 8.70. The summed E-state index contributed by atoms with van der Waals surface area (Å²) in [5.74, 6) is -2.61. The highest BCUT2D eigenvalue weighted by molar-refractivity contribution is 9.10. The molecule has 1 aromatic rings. The van der Waals surface area contributed by atoms with Crippen LogP contribution in [0.25, 0.3) is 0 Å². The van der Waals surface area contributed by atoms with Crippen molar-refractivity contribution < 1.29 is 13.2 Å². The van der Waals surface area contributed by atoms with Crippen molar-refractivity contribution in [3.8, 4) is 0 Å². The van der Waals surface area contributed by atoms with Crippen molar-refractivity contribution in [2.24, 2.45) is 5.73 Å². The van der Waals surface area contributed by atoms with Crippen LogP contribution in [0.15, 0.2) is 15.2 Å². The Kier molecular flexibility index (Phi) is 3.08. The van der Waals surface area contributed by atoms with E-state index in [0.29, 0.717) is 10.2 Å². The van der Waals surface area contributed by atoms with Gasteiger partial charge in [-0.2, -0.15) is 0 Å². The molecule has 13 heavy (non-hydrogen) atoms. The van der Waals surface area contributed by atoms with E-state index in [4.69, 9.17) is 10.2 Å². The quantitative estimate of drug-likeness (QED) is 0.899. The van der Waals surface area contributed by atoms with Gasteiger partial charge in [-0.1, -0.05) is 0 Å². The van der Waals surface area contributed by atoms with E-state index in [-0.39, 0.29) is 5.76 Å². The average Bonchev–Trinajstić information content (AvgIpc) is 2.30. The summed E-state index contributed by atoms with van der Waals surface area (Å²) in [6.07, 6.45) is -0.444. The maximum atomic E-state index is 12.8. The van der Waals surface area contributed by atoms with Crippen molar-refractivity contribution in [2.75, 3.05) is 6.54 Å². The fourth-order valence-corrected chi connectivity index (χ4v) is 1.50. The molecule has 5 heteroatoms. The van der Waals surface area contributed by atoms with E-state index in [0.717, 1.165) is 0 Å². The Hall–Kier alpha value is -0.420. The van der Waals surface area contributed by atoms with E-state index in [1.165, 1.54) is 0 Å². The van der Waals surface area contributed by atoms with Crippen molar-refractivity contribution in [3.63, 3.8) is 0 Å². The highest BCUT2D eigenvalue weighted by Crippen LogP contribution is 2.25. The number of hydrogen-bond donors (Lipinski definition) is 1. The largest absolute Gasteiger partial charge is 0.454 e. The Labute approximate surface area is 83.2 Å². The monoisotopic (exact) mass is 253 g/mol. The van der Waals surface area contributed by atoms with Gasteiger partial charge in [0.15, 0.2) is 4.67 Å². The molecule has 0 aliphatic carbocycles. The van der Waals surface area contributed by atoms with Gasteiger partial charge in [0.1, 0.15) is 5.76 Å². The van der Waals surface area contributed by atoms with Crippen molar-refractivity contribution in [1.29, 1.82) is 0 Å². The molecule has 0 aliphatic rings. The van der Waals surface area contributed by atoms with Gasteiger partial charge in [0.25, 0.3) is 5.92 Å². The highest BCUT2D eigenvalue weighted by atomic mass is 79.9. The predicted molar refractivity (Wildman–Crippen MR) is 48.9 cm³/mol. The van der Waals surface area contributed by atoms with Crippen LogP contribution in [0.2, 0.25) is 0 Å². The summed E-state index contributed by atoms with van der Waals surface area (Å²) in [5, 5.41) is 0. The molecule has 0 radical (unpaired) electrons. The van der Waals surface area contributed by atoms with E-state index in [9.17, 15) is 8.78 Å². The predicted octanol–water partition coefficient (Wildman–Crippen LogP) is 2.49. The molecule has 0 fully saturated rings. The van der Waals surface area contributed by atoms with Crippen LogP contribution in [-0.4, -0.2) is 12.5 Å². The van der Waals surface area contributed by atoms with Gasteiger partial charge in [-0.05, 0) is 34.5 Å². The lowest BCUT2D eigenvalue weighted by atomic mass is 10.1. The summed E-state index contributed by atoms with van der Waals surface area (Å²) in [6, 6.07) is 1.65. The second kappa shape index (κ2) is 3.75. The lowest BCUT2D eigenvalue weighted by Gasteiger charge is -2.11. The third-order valence-corrected chi connectivity index (χ3v) is 2.10. The second-order valence-corrected chi connectivity index (χ2v) is 3.68. The first-order valence-corrected chi connectivity index (χ1v) is 4.56. The number of nitrogens with two attached hydrogens (primary N) is 1. The van der Waals surface area contributed by atoms with Crippen molar-refractivity contribution in [1.82, 2.24) is 0 Å². The summed E-state index contributed by atoms with van der Waals surface area (Å²) in [7, 11) is 0. The molecule has 1 heterocycles. The first-order chi connectivity index (χ1) is 5.94. The van der Waals surface area contributed by atoms with Crippen LogP contribution in [-0.2, 0) is 6.42 Å². The fourth-order valence-electron chi connectivity index (χ4n) is 0.961. The summed E-state index contributed by atoms with van der Waals surface area (Å²) < 4.78 is 31.2. The second-order valence-electron chi connectivity index (χ2n) is 2.89. The standard InChI is InChI=1S/C8H10BrF2NO/c1-5-2-7(9)13-6(5)3-8(10,11)4-12/h2H,3-4,12H2,1H3. The van der Waals surface area contributed by atoms with Crippen LogP contribution in [0, 0.1) is 6.92 Å². The maximum Gasteiger partial charge on any atom is 0.267 e. The Morgan fingerprint density at radius 2 is 2.23 bits per heavy atom. The molecule has 0 aliphatic heterocycles. The molecule has 0 unspecified atom stereocenters. The van der Waals surface area contributed by atoms with Crippen LogP contribution in [0.1, 0.15) is 11.3 Å². The Morgan fingerprint density at radius 1 is 1.62 bits per heavy atom. The highest BCUT2D eigenvalue weighted by Gasteiger charge is 2.29. The smallest absolute Gasteiger partial charge is 0.267 e. The number of halogens is 3. The minimum Gasteiger partial charge on any atom is -0.454 e. The van der Waals surface area contributed by atoms with Crippen LogP contribution in [0.5, 0.6) is 0 Å². The molecule has 0 saturated carbocycles. The lowest BCUT2D eigenvalue weighted by Crippen LogP contribution is -2.30. The first-order valence-electron chi connectivity index (χ1n) is 3.77. The molecule has 0 atom stereocenters. The first kappa shape index (κ1) is 10.7. The minimum absolute atomic E-state index is 0.280. The van der Waals surface area contributed by atoms with Gasteiger partial charge in [-0.25, -0.2) is 8.78 Å². The summed E-state index contributed by atoms with van der Waals surface area (Å²) in [6.45, 7) is 1.06. The summed E-state index contributed by atoms with van der Waals surface area (Å²) in [4.78, 5) is 0. The molecule has 2 N–H and O–H groups in total. The fraction of sp³-hybridized carbons (Fsp3) is 0.500. The van der Waals surface area contributed by atoms with Crippen LogP contribution < -0.4 is 5.73 Å². The molecule has 0 bridgehead atoms. The topological polar surface area (TPSA) is 39.2 Å². The van der Waals surface area contributed by atoms with Gasteiger partial charge >= 0.3 is 0 Å². The normalized spacial score (nSPS) is 12.1. The molecule has 1 rings (SSSR count). The third-order valence-electron chi connectivity index (χ3n) is 1.71. The van der Waals surface area contributed by atoms with Crippen LogP contribution in [0.3, 0.4) is 0 Å². The lowest BCUT2D eigenvalue weighted by molar-refractivity contribution is 0.00634. The summed E-state index contributed by atoms with van der Waals surface area (Å²) >= 11 is 3.07. The van der Waals surface area contributed by atoms with Crippen molar-refractivity contribution in [3.05, 3.63) is 22.1 Å². The van der Waals surface area contributed by atoms with Gasteiger partial charge in [0.2, 0.25) is 0 Å². The molecule has 1 aromatic heterocycles. The molecular formula is C8H10BrF2NO. The maximum absolute atomic E-state index is 12.8. The number of furan rings is 1. The minimum atomic E-state index is -2.89. The van der Waals surface area contributed by atoms with E-state index < -0.39 is 18.9 Å². The van der Waals surface area contributed by atoms with Gasteiger partial charge in [-0.15, -0.1) is 0 Å². The average molecular weight is 254 g/mol. The van der Waals surface area contributed by atoms with Crippen molar-refractivity contribution >= 4 is 15.9 Å². The Morgan fingerprint density at radius 3 is 2.62 bits per heavy atom. The zero-order valence-electron chi connectivity index (χ0n) is 7.11. The molecule has 0 amide bonds. The molecule has 0 saturated heterocycles. The number of rotatable bonds is 3.